The zero-order valence-electron chi connectivity index (χ0n) is 71.6. The van der Waals surface area contributed by atoms with Crippen molar-refractivity contribution in [3.05, 3.63) is 244 Å². The topological polar surface area (TPSA) is 295 Å². The number of fused-ring (bicyclic) bond motifs is 6. The molecular weight excluding hydrogens is 1520 g/mol. The van der Waals surface area contributed by atoms with Gasteiger partial charge in [-0.1, -0.05) is 54.6 Å². The number of hydrogen-bond acceptors (Lipinski definition) is 18. The SMILES string of the molecule is COC(=O)C(O)c1c(-c2ccc3c(c2C)CCCO3)c2ccn(Cc3ccc(OC)cc3)c2c(=O)n1C.COC(=O)[C@@H](OC(C)(C)C)c1c(-c2ccc3c(c2C)CCCO3)c2ccn(Cc3ccc(OC)cc3)c2c(=O)n1C.COc1ccc(Cn2ccc3c(-c4ccc5c(c4C)CCCO5)c([C@H](OC(C)(C)C)C(=O)O)n(C)c(=O)c32)cc1.[Li+].[OH-]. The first-order valence-electron chi connectivity index (χ1n) is 39.6. The molecule has 626 valence electrons. The van der Waals surface area contributed by atoms with Crippen molar-refractivity contribution < 1.29 is 96.3 Å². The molecule has 0 fully saturated rings. The number of aliphatic hydroxyl groups excluding tert-OH is 1. The van der Waals surface area contributed by atoms with E-state index in [-0.39, 0.29) is 46.7 Å². The Morgan fingerprint density at radius 2 is 0.717 bits per heavy atom. The van der Waals surface area contributed by atoms with Crippen molar-refractivity contribution in [3.8, 4) is 67.9 Å². The Morgan fingerprint density at radius 3 is 1.01 bits per heavy atom. The summed E-state index contributed by atoms with van der Waals surface area (Å²) in [6.07, 6.45) is 6.99. The van der Waals surface area contributed by atoms with Crippen LogP contribution in [0.1, 0.15) is 146 Å². The second kappa shape index (κ2) is 37.0. The molecule has 120 heavy (non-hydrogen) atoms. The number of nitrogens with zero attached hydrogens (tertiary/aromatic N) is 6. The smallest absolute Gasteiger partial charge is 0.870 e. The third-order valence-electron chi connectivity index (χ3n) is 22.3. The molecule has 0 saturated heterocycles. The van der Waals surface area contributed by atoms with E-state index < -0.39 is 47.4 Å². The number of carboxylic acid groups (broad SMARTS) is 1. The van der Waals surface area contributed by atoms with E-state index in [1.54, 1.807) is 47.0 Å². The van der Waals surface area contributed by atoms with Crippen LogP contribution in [0.5, 0.6) is 34.5 Å². The number of ether oxygens (including phenoxy) is 10. The molecule has 1 unspecified atom stereocenters. The Hall–Kier alpha value is -11.6. The van der Waals surface area contributed by atoms with Crippen molar-refractivity contribution in [2.75, 3.05) is 55.4 Å². The number of aliphatic carboxylic acids is 1. The van der Waals surface area contributed by atoms with E-state index in [1.807, 2.05) is 215 Å². The molecule has 15 rings (SSSR count). The number of carbonyl (C=O) groups excluding carboxylic acids is 2. The first-order chi connectivity index (χ1) is 56.4. The molecule has 0 radical (unpaired) electrons. The summed E-state index contributed by atoms with van der Waals surface area (Å²) in [5.74, 6) is 2.33. The van der Waals surface area contributed by atoms with E-state index in [0.29, 0.717) is 89.3 Å². The molecule has 0 amide bonds. The summed E-state index contributed by atoms with van der Waals surface area (Å²) in [7, 11) is 12.3. The Bertz CT molecular complexity index is 6010. The quantitative estimate of drug-likeness (QED) is 0.0529. The van der Waals surface area contributed by atoms with Gasteiger partial charge < -0.3 is 90.5 Å². The van der Waals surface area contributed by atoms with Crippen molar-refractivity contribution >= 4 is 50.6 Å². The van der Waals surface area contributed by atoms with Gasteiger partial charge >= 0.3 is 36.8 Å². The van der Waals surface area contributed by atoms with Crippen LogP contribution < -0.4 is 64.0 Å². The summed E-state index contributed by atoms with van der Waals surface area (Å²) in [5, 5.41) is 23.5. The number of hydrogen-bond donors (Lipinski definition) is 2. The van der Waals surface area contributed by atoms with Crippen molar-refractivity contribution in [1.29, 1.82) is 0 Å². The van der Waals surface area contributed by atoms with Gasteiger partial charge in [-0.2, -0.15) is 0 Å². The molecule has 0 aliphatic carbocycles. The van der Waals surface area contributed by atoms with Crippen LogP contribution in [0.15, 0.2) is 160 Å². The van der Waals surface area contributed by atoms with Crippen LogP contribution in [-0.4, -0.2) is 128 Å². The minimum atomic E-state index is -1.63. The molecular formula is C94H105LiN6O19. The average molecular weight is 1630 g/mol. The Kier molecular flexibility index (Phi) is 27.5. The van der Waals surface area contributed by atoms with Gasteiger partial charge in [-0.3, -0.25) is 14.4 Å². The monoisotopic (exact) mass is 1630 g/mol. The largest absolute Gasteiger partial charge is 1.00 e. The zero-order valence-corrected chi connectivity index (χ0v) is 71.6. The van der Waals surface area contributed by atoms with Gasteiger partial charge in [-0.15, -0.1) is 0 Å². The van der Waals surface area contributed by atoms with E-state index in [2.05, 4.69) is 6.92 Å². The van der Waals surface area contributed by atoms with Gasteiger partial charge in [-0.05, 0) is 240 Å². The molecule has 3 N–H and O–H groups in total. The summed E-state index contributed by atoms with van der Waals surface area (Å²) in [6, 6.07) is 40.7. The van der Waals surface area contributed by atoms with Crippen molar-refractivity contribution in [2.24, 2.45) is 21.1 Å². The zero-order chi connectivity index (χ0) is 84.5. The number of aliphatic hydroxyl groups is 1. The second-order valence-corrected chi connectivity index (χ2v) is 32.0. The number of esters is 2. The van der Waals surface area contributed by atoms with E-state index >= 15 is 0 Å². The van der Waals surface area contributed by atoms with Crippen molar-refractivity contribution in [2.45, 2.75) is 150 Å². The van der Waals surface area contributed by atoms with E-state index in [9.17, 15) is 39.0 Å². The summed E-state index contributed by atoms with van der Waals surface area (Å²) in [6.45, 7) is 20.7. The Balaban J connectivity index is 0.000000175. The van der Waals surface area contributed by atoms with Crippen LogP contribution >= 0.6 is 0 Å². The molecule has 26 heteroatoms. The maximum absolute atomic E-state index is 14.1. The molecule has 12 aromatic rings. The predicted octanol–water partition coefficient (Wildman–Crippen LogP) is 12.1. The molecule has 3 aliphatic heterocycles. The fourth-order valence-electron chi connectivity index (χ4n) is 16.5. The van der Waals surface area contributed by atoms with Gasteiger partial charge in [0.05, 0.1) is 83.7 Å². The molecule has 9 heterocycles. The maximum atomic E-state index is 14.1. The van der Waals surface area contributed by atoms with Gasteiger partial charge in [0.1, 0.15) is 51.0 Å². The molecule has 0 bridgehead atoms. The molecule has 6 aromatic carbocycles. The van der Waals surface area contributed by atoms with Crippen LogP contribution in [-0.2, 0) is 93.4 Å². The fourth-order valence-corrected chi connectivity index (χ4v) is 16.5. The standard InChI is InChI=1S/C33H38N2O6.C32H36N2O6.C29H30N2O6.Li.H2O/c1-20-23-9-8-18-40-26(23)15-14-24(20)27-25-16-17-35(19-21-10-12-22(38-6)13-11-21)28(25)31(36)34(5)29(27)30(32(37)39-7)41-33(2,3)4;1-19-22-8-7-17-39-25(22)14-13-23(19)26-24-15-16-34(18-20-9-11-21(38-6)12-10-20)27(24)30(35)33(5)28(26)29(31(36)37)40-32(2,3)4;1-17-20-6-5-15-37-23(20)12-11-21(17)24-22-13-14-31(16-18-7-9-19(35-3)10-8-18)25(22)28(33)30(2)26(24)27(32)29(34)36-4;;/h10-17,30H,8-9,18-19H2,1-7H3;9-16,29H,7-8,17-18H2,1-6H3,(H,36,37);7-14,27,32H,5-6,15-16H2,1-4H3;;1H2/q;;;+1;/p-1/t30-;29-;;;/m00.../s1. The average Bonchev–Trinajstić information content (AvgIpc) is 1.54. The molecule has 0 saturated carbocycles. The summed E-state index contributed by atoms with van der Waals surface area (Å²) in [5.41, 5.74) is 14.5. The third-order valence-corrected chi connectivity index (χ3v) is 22.3. The number of rotatable bonds is 20. The van der Waals surface area contributed by atoms with Gasteiger partial charge in [0.15, 0.2) is 18.3 Å². The predicted molar refractivity (Wildman–Crippen MR) is 456 cm³/mol. The van der Waals surface area contributed by atoms with Gasteiger partial charge in [0.25, 0.3) is 16.7 Å². The Labute approximate surface area is 708 Å². The molecule has 0 spiro atoms. The number of benzene rings is 6. The number of carbonyl (C=O) groups is 3. The van der Waals surface area contributed by atoms with Crippen LogP contribution in [0, 0.1) is 20.8 Å². The minimum Gasteiger partial charge on any atom is -0.870 e. The molecule has 6 aromatic heterocycles. The van der Waals surface area contributed by atoms with Crippen molar-refractivity contribution in [3.63, 3.8) is 0 Å². The third kappa shape index (κ3) is 17.9. The molecule has 3 atom stereocenters. The van der Waals surface area contributed by atoms with E-state index in [1.165, 1.54) is 23.4 Å². The van der Waals surface area contributed by atoms with E-state index in [0.717, 1.165) is 151 Å². The van der Waals surface area contributed by atoms with Crippen LogP contribution in [0.2, 0.25) is 0 Å². The first-order valence-corrected chi connectivity index (χ1v) is 39.6. The second-order valence-electron chi connectivity index (χ2n) is 32.0. The molecule has 25 nitrogen and oxygen atoms in total. The Morgan fingerprint density at radius 1 is 0.425 bits per heavy atom. The van der Waals surface area contributed by atoms with Crippen LogP contribution in [0.25, 0.3) is 66.1 Å². The first kappa shape index (κ1) is 89.2. The van der Waals surface area contributed by atoms with Crippen LogP contribution in [0.3, 0.4) is 0 Å². The number of pyridine rings is 3. The van der Waals surface area contributed by atoms with Crippen molar-refractivity contribution in [1.82, 2.24) is 27.4 Å². The van der Waals surface area contributed by atoms with Crippen LogP contribution in [0.4, 0.5) is 0 Å². The maximum Gasteiger partial charge on any atom is 1.00 e. The summed E-state index contributed by atoms with van der Waals surface area (Å²) in [4.78, 5) is 80.2. The van der Waals surface area contributed by atoms with E-state index in [4.69, 9.17) is 47.4 Å². The number of methoxy groups -OCH3 is 5. The number of carboxylic acids is 1. The van der Waals surface area contributed by atoms with Gasteiger partial charge in [0, 0.05) is 92.2 Å². The fraction of sp³-hybridized carbons (Fsp3) is 0.362. The number of aromatic nitrogens is 6. The summed E-state index contributed by atoms with van der Waals surface area (Å²) < 4.78 is 66.2. The molecule has 3 aliphatic rings. The minimum absolute atomic E-state index is 0. The normalized spacial score (nSPS) is 13.7. The summed E-state index contributed by atoms with van der Waals surface area (Å²) >= 11 is 0. The van der Waals surface area contributed by atoms with Gasteiger partial charge in [-0.25, -0.2) is 14.4 Å². The van der Waals surface area contributed by atoms with Gasteiger partial charge in [0.2, 0.25) is 0 Å².